The maximum Gasteiger partial charge on any atom is -0.0348 e. The molecule has 0 aliphatic heterocycles. The minimum Gasteiger partial charge on any atom is -0.0845 e. The second-order valence-corrected chi connectivity index (χ2v) is 11.7. The first-order valence-electron chi connectivity index (χ1n) is 17.1. The summed E-state index contributed by atoms with van der Waals surface area (Å²) < 4.78 is 0. The number of hydrogen-bond acceptors (Lipinski definition) is 0. The second kappa shape index (κ2) is 34.5. The maximum atomic E-state index is 5.33. The fourth-order valence-corrected chi connectivity index (χ4v) is 5.46. The van der Waals surface area contributed by atoms with Gasteiger partial charge in [-0.3, -0.25) is 0 Å². The summed E-state index contributed by atoms with van der Waals surface area (Å²) in [5, 5.41) is 0. The van der Waals surface area contributed by atoms with Gasteiger partial charge in [0.2, 0.25) is 0 Å². The van der Waals surface area contributed by atoms with E-state index in [0.29, 0.717) is 0 Å². The van der Waals surface area contributed by atoms with Crippen molar-refractivity contribution in [2.24, 2.45) is 0 Å². The van der Waals surface area contributed by atoms with E-state index in [1.54, 1.807) is 6.08 Å². The lowest BCUT2D eigenvalue weighted by Crippen LogP contribution is -1.85. The molecule has 0 heteroatoms. The Morgan fingerprint density at radius 2 is 0.556 bits per heavy atom. The SMILES string of the molecule is [CH]=C/C=C/CCCCCCCCCCCCCCCCCCCCCCCCCCCCCCCC. The fourth-order valence-electron chi connectivity index (χ4n) is 5.46. The third-order valence-corrected chi connectivity index (χ3v) is 7.97. The Hall–Kier alpha value is -0.520. The zero-order valence-corrected chi connectivity index (χ0v) is 25.2. The number of hydrogen-bond donors (Lipinski definition) is 0. The molecule has 0 bridgehead atoms. The molecule has 0 aliphatic rings. The molecule has 0 rings (SSSR count). The standard InChI is InChI=1S/C36H69/c1-3-5-7-9-11-13-15-17-19-21-23-25-27-29-31-33-35-36-34-32-30-28-26-24-22-20-18-16-14-12-10-8-6-4-2/h1,3,5,7H,4,6,8-36H2,2H3/b3-1?,7-5+. The number of rotatable bonds is 32. The van der Waals surface area contributed by atoms with Crippen LogP contribution in [0.5, 0.6) is 0 Å². The maximum absolute atomic E-state index is 5.33. The van der Waals surface area contributed by atoms with Gasteiger partial charge < -0.3 is 0 Å². The molecular weight excluding hydrogens is 432 g/mol. The molecule has 0 aromatic rings. The van der Waals surface area contributed by atoms with Crippen molar-refractivity contribution < 1.29 is 0 Å². The van der Waals surface area contributed by atoms with Crippen LogP contribution in [0.2, 0.25) is 0 Å². The third-order valence-electron chi connectivity index (χ3n) is 7.97. The van der Waals surface area contributed by atoms with Crippen LogP contribution in [0.25, 0.3) is 0 Å². The Balaban J connectivity index is 3.02. The van der Waals surface area contributed by atoms with Gasteiger partial charge in [0.15, 0.2) is 0 Å². The highest BCUT2D eigenvalue weighted by molar-refractivity contribution is 4.95. The van der Waals surface area contributed by atoms with Gasteiger partial charge in [-0.1, -0.05) is 218 Å². The van der Waals surface area contributed by atoms with Crippen LogP contribution in [0, 0.1) is 6.58 Å². The Kier molecular flexibility index (Phi) is 34.0. The van der Waals surface area contributed by atoms with E-state index in [1.807, 2.05) is 6.08 Å². The molecule has 0 nitrogen and oxygen atoms in total. The Morgan fingerprint density at radius 1 is 0.333 bits per heavy atom. The summed E-state index contributed by atoms with van der Waals surface area (Å²) in [7, 11) is 0. The predicted octanol–water partition coefficient (Wildman–Crippen LogP) is 13.6. The van der Waals surface area contributed by atoms with Gasteiger partial charge in [0, 0.05) is 0 Å². The molecule has 0 heterocycles. The van der Waals surface area contributed by atoms with Gasteiger partial charge in [-0.05, 0) is 12.8 Å². The summed E-state index contributed by atoms with van der Waals surface area (Å²) in [5.41, 5.74) is 0. The van der Waals surface area contributed by atoms with E-state index >= 15 is 0 Å². The van der Waals surface area contributed by atoms with Crippen LogP contribution in [0.1, 0.15) is 206 Å². The molecule has 36 heavy (non-hydrogen) atoms. The van der Waals surface area contributed by atoms with Gasteiger partial charge in [0.25, 0.3) is 0 Å². The molecule has 0 aromatic heterocycles. The van der Waals surface area contributed by atoms with Gasteiger partial charge in [-0.2, -0.15) is 0 Å². The summed E-state index contributed by atoms with van der Waals surface area (Å²) >= 11 is 0. The van der Waals surface area contributed by atoms with Gasteiger partial charge in [0.1, 0.15) is 0 Å². The van der Waals surface area contributed by atoms with Crippen LogP contribution in [0.3, 0.4) is 0 Å². The summed E-state index contributed by atoms with van der Waals surface area (Å²) in [6, 6.07) is 0. The van der Waals surface area contributed by atoms with Crippen molar-refractivity contribution in [3.63, 3.8) is 0 Å². The topological polar surface area (TPSA) is 0 Å². The van der Waals surface area contributed by atoms with Crippen molar-refractivity contribution in [3.8, 4) is 0 Å². The van der Waals surface area contributed by atoms with E-state index in [2.05, 4.69) is 13.0 Å². The number of allylic oxidation sites excluding steroid dienone is 3. The second-order valence-electron chi connectivity index (χ2n) is 11.7. The van der Waals surface area contributed by atoms with Crippen molar-refractivity contribution in [2.45, 2.75) is 206 Å². The van der Waals surface area contributed by atoms with E-state index in [-0.39, 0.29) is 0 Å². The summed E-state index contributed by atoms with van der Waals surface area (Å²) in [6.45, 7) is 7.64. The Bertz CT molecular complexity index is 406. The first-order chi connectivity index (χ1) is 17.9. The molecule has 0 unspecified atom stereocenters. The molecule has 0 aromatic carbocycles. The first kappa shape index (κ1) is 35.5. The minimum atomic E-state index is 1.19. The monoisotopic (exact) mass is 502 g/mol. The van der Waals surface area contributed by atoms with Gasteiger partial charge in [-0.15, -0.1) is 0 Å². The molecule has 0 aliphatic carbocycles. The van der Waals surface area contributed by atoms with Crippen LogP contribution >= 0.6 is 0 Å². The van der Waals surface area contributed by atoms with Gasteiger partial charge in [-0.25, -0.2) is 0 Å². The smallest absolute Gasteiger partial charge is 0.0348 e. The molecule has 0 atom stereocenters. The predicted molar refractivity (Wildman–Crippen MR) is 167 cm³/mol. The highest BCUT2D eigenvalue weighted by atomic mass is 14.0. The van der Waals surface area contributed by atoms with Crippen molar-refractivity contribution in [1.29, 1.82) is 0 Å². The quantitative estimate of drug-likeness (QED) is 0.0635. The molecule has 0 amide bonds. The normalized spacial score (nSPS) is 11.6. The molecule has 1 radical (unpaired) electrons. The molecule has 0 N–H and O–H groups in total. The lowest BCUT2D eigenvalue weighted by molar-refractivity contribution is 0.513. The highest BCUT2D eigenvalue weighted by Gasteiger charge is 1.97. The van der Waals surface area contributed by atoms with E-state index in [1.165, 1.54) is 199 Å². The van der Waals surface area contributed by atoms with Crippen LogP contribution in [-0.4, -0.2) is 0 Å². The third kappa shape index (κ3) is 33.5. The average molecular weight is 502 g/mol. The van der Waals surface area contributed by atoms with Crippen molar-refractivity contribution in [1.82, 2.24) is 0 Å². The lowest BCUT2D eigenvalue weighted by Gasteiger charge is -2.04. The van der Waals surface area contributed by atoms with E-state index in [0.717, 1.165) is 0 Å². The van der Waals surface area contributed by atoms with Gasteiger partial charge >= 0.3 is 0 Å². The molecule has 0 saturated heterocycles. The molecule has 0 spiro atoms. The summed E-state index contributed by atoms with van der Waals surface area (Å²) in [4.78, 5) is 0. The zero-order valence-electron chi connectivity index (χ0n) is 25.2. The highest BCUT2D eigenvalue weighted by Crippen LogP contribution is 2.16. The fraction of sp³-hybridized carbons (Fsp3) is 0.889. The van der Waals surface area contributed by atoms with Crippen LogP contribution in [0.4, 0.5) is 0 Å². The largest absolute Gasteiger partial charge is 0.0845 e. The lowest BCUT2D eigenvalue weighted by atomic mass is 10.0. The first-order valence-corrected chi connectivity index (χ1v) is 17.1. The summed E-state index contributed by atoms with van der Waals surface area (Å²) in [6.07, 6.45) is 50.9. The van der Waals surface area contributed by atoms with Crippen LogP contribution in [0.15, 0.2) is 18.2 Å². The van der Waals surface area contributed by atoms with Crippen molar-refractivity contribution >= 4 is 0 Å². The molecular formula is C36H69. The zero-order chi connectivity index (χ0) is 26.0. The number of unbranched alkanes of at least 4 members (excludes halogenated alkanes) is 30. The van der Waals surface area contributed by atoms with Crippen molar-refractivity contribution in [2.75, 3.05) is 0 Å². The Morgan fingerprint density at radius 3 is 0.778 bits per heavy atom. The summed E-state index contributed by atoms with van der Waals surface area (Å²) in [5.74, 6) is 0. The average Bonchev–Trinajstić information content (AvgIpc) is 2.89. The van der Waals surface area contributed by atoms with Crippen molar-refractivity contribution in [3.05, 3.63) is 24.8 Å². The minimum absolute atomic E-state index is 1.19. The van der Waals surface area contributed by atoms with E-state index in [9.17, 15) is 0 Å². The molecule has 213 valence electrons. The van der Waals surface area contributed by atoms with E-state index in [4.69, 9.17) is 6.58 Å². The van der Waals surface area contributed by atoms with Crippen LogP contribution in [-0.2, 0) is 0 Å². The molecule has 0 saturated carbocycles. The molecule has 0 fully saturated rings. The van der Waals surface area contributed by atoms with Crippen LogP contribution < -0.4 is 0 Å². The Labute approximate surface area is 230 Å². The van der Waals surface area contributed by atoms with Gasteiger partial charge in [0.05, 0.1) is 0 Å². The van der Waals surface area contributed by atoms with E-state index < -0.39 is 0 Å².